The molecule has 0 unspecified atom stereocenters. The number of hydrogen-bond acceptors (Lipinski definition) is 3. The molecule has 0 saturated carbocycles. The minimum Gasteiger partial charge on any atom is -0.378 e. The lowest BCUT2D eigenvalue weighted by Gasteiger charge is -2.07. The van der Waals surface area contributed by atoms with E-state index >= 15 is 0 Å². The molecule has 2 aromatic rings. The SMILES string of the molecule is Cn1cnnc1CNc1cc(Cl)c(F)c(Cl)c1. The Morgan fingerprint density at radius 3 is 2.53 bits per heavy atom. The topological polar surface area (TPSA) is 42.7 Å². The van der Waals surface area contributed by atoms with Crippen molar-refractivity contribution in [1.82, 2.24) is 14.8 Å². The fourth-order valence-electron chi connectivity index (χ4n) is 1.31. The van der Waals surface area contributed by atoms with Crippen LogP contribution in [0.1, 0.15) is 5.82 Å². The monoisotopic (exact) mass is 274 g/mol. The molecular formula is C10H9Cl2FN4. The Morgan fingerprint density at radius 1 is 1.35 bits per heavy atom. The lowest BCUT2D eigenvalue weighted by molar-refractivity contribution is 0.629. The van der Waals surface area contributed by atoms with Gasteiger partial charge in [-0.15, -0.1) is 10.2 Å². The molecule has 7 heteroatoms. The summed E-state index contributed by atoms with van der Waals surface area (Å²) in [6.45, 7) is 0.453. The van der Waals surface area contributed by atoms with Gasteiger partial charge in [0.15, 0.2) is 11.6 Å². The van der Waals surface area contributed by atoms with Crippen molar-refractivity contribution in [2.24, 2.45) is 7.05 Å². The Hall–Kier alpha value is -1.33. The highest BCUT2D eigenvalue weighted by molar-refractivity contribution is 6.35. The Labute approximate surface area is 107 Å². The van der Waals surface area contributed by atoms with E-state index in [0.717, 1.165) is 5.82 Å². The number of benzene rings is 1. The van der Waals surface area contributed by atoms with E-state index in [-0.39, 0.29) is 10.0 Å². The van der Waals surface area contributed by atoms with E-state index in [2.05, 4.69) is 15.5 Å². The van der Waals surface area contributed by atoms with Crippen LogP contribution in [0.15, 0.2) is 18.5 Å². The van der Waals surface area contributed by atoms with Gasteiger partial charge in [-0.3, -0.25) is 0 Å². The van der Waals surface area contributed by atoms with Gasteiger partial charge in [-0.05, 0) is 12.1 Å². The van der Waals surface area contributed by atoms with Gasteiger partial charge in [0.2, 0.25) is 0 Å². The summed E-state index contributed by atoms with van der Waals surface area (Å²) in [5.74, 6) is 0.138. The zero-order valence-corrected chi connectivity index (χ0v) is 10.4. The molecular weight excluding hydrogens is 266 g/mol. The molecule has 1 aromatic heterocycles. The first-order chi connectivity index (χ1) is 8.08. The van der Waals surface area contributed by atoms with E-state index in [1.165, 1.54) is 12.1 Å². The number of hydrogen-bond donors (Lipinski definition) is 1. The highest BCUT2D eigenvalue weighted by Gasteiger charge is 2.08. The molecule has 0 saturated heterocycles. The molecule has 0 atom stereocenters. The van der Waals surface area contributed by atoms with Gasteiger partial charge in [0.05, 0.1) is 16.6 Å². The summed E-state index contributed by atoms with van der Waals surface area (Å²) in [4.78, 5) is 0. The van der Waals surface area contributed by atoms with Crippen molar-refractivity contribution in [3.05, 3.63) is 40.1 Å². The smallest absolute Gasteiger partial charge is 0.160 e. The molecule has 0 fully saturated rings. The zero-order chi connectivity index (χ0) is 12.4. The number of rotatable bonds is 3. The average Bonchev–Trinajstić information content (AvgIpc) is 2.69. The van der Waals surface area contributed by atoms with Gasteiger partial charge in [0.1, 0.15) is 6.33 Å². The van der Waals surface area contributed by atoms with E-state index in [1.54, 1.807) is 10.9 Å². The number of nitrogens with zero attached hydrogens (tertiary/aromatic N) is 3. The number of aromatic nitrogens is 3. The van der Waals surface area contributed by atoms with Crippen molar-refractivity contribution in [2.45, 2.75) is 6.54 Å². The molecule has 0 aliphatic heterocycles. The standard InChI is InChI=1S/C10H9Cl2FN4/c1-17-5-15-16-9(17)4-14-6-2-7(11)10(13)8(12)3-6/h2-3,5,14H,4H2,1H3. The minimum absolute atomic E-state index is 0.0158. The molecule has 17 heavy (non-hydrogen) atoms. The molecule has 90 valence electrons. The quantitative estimate of drug-likeness (QED) is 0.876. The molecule has 1 aromatic carbocycles. The lowest BCUT2D eigenvalue weighted by atomic mass is 10.3. The third kappa shape index (κ3) is 2.68. The Bertz CT molecular complexity index is 518. The van der Waals surface area contributed by atoms with Crippen LogP contribution >= 0.6 is 23.2 Å². The van der Waals surface area contributed by atoms with Gasteiger partial charge in [0.25, 0.3) is 0 Å². The van der Waals surface area contributed by atoms with Gasteiger partial charge < -0.3 is 9.88 Å². The first kappa shape index (κ1) is 12.1. The van der Waals surface area contributed by atoms with E-state index in [0.29, 0.717) is 12.2 Å². The molecule has 0 aliphatic carbocycles. The van der Waals surface area contributed by atoms with Crippen LogP contribution in [0, 0.1) is 5.82 Å². The van der Waals surface area contributed by atoms with Crippen molar-refractivity contribution >= 4 is 28.9 Å². The van der Waals surface area contributed by atoms with Gasteiger partial charge in [-0.2, -0.15) is 0 Å². The maximum atomic E-state index is 13.2. The molecule has 1 heterocycles. The van der Waals surface area contributed by atoms with Crippen LogP contribution in [0.3, 0.4) is 0 Å². The maximum Gasteiger partial charge on any atom is 0.160 e. The Kier molecular flexibility index (Phi) is 3.49. The third-order valence-corrected chi connectivity index (χ3v) is 2.79. The molecule has 0 aliphatic rings. The fraction of sp³-hybridized carbons (Fsp3) is 0.200. The van der Waals surface area contributed by atoms with Gasteiger partial charge in [0, 0.05) is 12.7 Å². The number of halogens is 3. The number of aryl methyl sites for hydroxylation is 1. The third-order valence-electron chi connectivity index (χ3n) is 2.24. The Morgan fingerprint density at radius 2 is 2.00 bits per heavy atom. The molecule has 0 radical (unpaired) electrons. The lowest BCUT2D eigenvalue weighted by Crippen LogP contribution is -2.05. The summed E-state index contributed by atoms with van der Waals surface area (Å²) in [6.07, 6.45) is 1.60. The predicted molar refractivity (Wildman–Crippen MR) is 64.7 cm³/mol. The molecule has 2 rings (SSSR count). The van der Waals surface area contributed by atoms with E-state index in [9.17, 15) is 4.39 Å². The minimum atomic E-state index is -0.613. The van der Waals surface area contributed by atoms with Crippen molar-refractivity contribution in [2.75, 3.05) is 5.32 Å². The first-order valence-electron chi connectivity index (χ1n) is 4.79. The van der Waals surface area contributed by atoms with Crippen molar-refractivity contribution < 1.29 is 4.39 Å². The van der Waals surface area contributed by atoms with Gasteiger partial charge in [-0.1, -0.05) is 23.2 Å². The highest BCUT2D eigenvalue weighted by atomic mass is 35.5. The molecule has 4 nitrogen and oxygen atoms in total. The van der Waals surface area contributed by atoms with Crippen molar-refractivity contribution in [1.29, 1.82) is 0 Å². The molecule has 0 spiro atoms. The van der Waals surface area contributed by atoms with Crippen LogP contribution in [-0.4, -0.2) is 14.8 Å². The summed E-state index contributed by atoms with van der Waals surface area (Å²) in [5.41, 5.74) is 0.629. The van der Waals surface area contributed by atoms with Crippen molar-refractivity contribution in [3.8, 4) is 0 Å². The van der Waals surface area contributed by atoms with E-state index in [4.69, 9.17) is 23.2 Å². The normalized spacial score (nSPS) is 10.6. The molecule has 0 amide bonds. The second-order valence-electron chi connectivity index (χ2n) is 3.47. The highest BCUT2D eigenvalue weighted by Crippen LogP contribution is 2.27. The zero-order valence-electron chi connectivity index (χ0n) is 8.91. The number of anilines is 1. The second-order valence-corrected chi connectivity index (χ2v) is 4.28. The van der Waals surface area contributed by atoms with E-state index in [1.807, 2.05) is 7.05 Å². The van der Waals surface area contributed by atoms with Crippen LogP contribution < -0.4 is 5.32 Å². The van der Waals surface area contributed by atoms with Crippen molar-refractivity contribution in [3.63, 3.8) is 0 Å². The second kappa shape index (κ2) is 4.89. The summed E-state index contributed by atoms with van der Waals surface area (Å²) in [5, 5.41) is 10.7. The summed E-state index contributed by atoms with van der Waals surface area (Å²) < 4.78 is 14.9. The predicted octanol–water partition coefficient (Wildman–Crippen LogP) is 2.87. The van der Waals surface area contributed by atoms with Gasteiger partial charge in [-0.25, -0.2) is 4.39 Å². The first-order valence-corrected chi connectivity index (χ1v) is 5.55. The fourth-order valence-corrected chi connectivity index (χ4v) is 1.79. The maximum absolute atomic E-state index is 13.2. The average molecular weight is 275 g/mol. The summed E-state index contributed by atoms with van der Waals surface area (Å²) in [7, 11) is 1.83. The van der Waals surface area contributed by atoms with Crippen LogP contribution in [0.2, 0.25) is 10.0 Å². The number of nitrogens with one attached hydrogen (secondary N) is 1. The van der Waals surface area contributed by atoms with Crippen LogP contribution in [0.25, 0.3) is 0 Å². The van der Waals surface area contributed by atoms with Crippen LogP contribution in [-0.2, 0) is 13.6 Å². The van der Waals surface area contributed by atoms with Crippen LogP contribution in [0.4, 0.5) is 10.1 Å². The summed E-state index contributed by atoms with van der Waals surface area (Å²) in [6, 6.07) is 2.94. The molecule has 1 N–H and O–H groups in total. The van der Waals surface area contributed by atoms with E-state index < -0.39 is 5.82 Å². The largest absolute Gasteiger partial charge is 0.378 e. The molecule has 0 bridgehead atoms. The summed E-state index contributed by atoms with van der Waals surface area (Å²) >= 11 is 11.4. The van der Waals surface area contributed by atoms with Crippen LogP contribution in [0.5, 0.6) is 0 Å². The Balaban J connectivity index is 2.12. The van der Waals surface area contributed by atoms with Gasteiger partial charge >= 0.3 is 0 Å².